The lowest BCUT2D eigenvalue weighted by Crippen LogP contribution is -2.33. The first-order valence-corrected chi connectivity index (χ1v) is 6.56. The Morgan fingerprint density at radius 2 is 1.94 bits per heavy atom. The molecule has 18 heavy (non-hydrogen) atoms. The van der Waals surface area contributed by atoms with E-state index in [9.17, 15) is 0 Å². The molecule has 2 aromatic rings. The number of nitrogens with two attached hydrogens (primary N) is 1. The molecule has 0 atom stereocenters. The maximum Gasteiger partial charge on any atom is 0.171 e. The van der Waals surface area contributed by atoms with Crippen molar-refractivity contribution < 1.29 is 0 Å². The molecule has 0 fully saturated rings. The minimum Gasteiger partial charge on any atom is -0.376 e. The Balaban J connectivity index is 2.49. The number of halogens is 1. The minimum atomic E-state index is 0.206. The standard InChI is InChI=1S/C13H12BrN3S/c14-12-6-5-9(7-17(8-15)13(16)18)10-3-1-2-4-11(10)12/h1-6,8,15H,7H2,(H2,16,18). The third-order valence-electron chi connectivity index (χ3n) is 2.74. The van der Waals surface area contributed by atoms with Crippen LogP contribution in [0.25, 0.3) is 10.8 Å². The van der Waals surface area contributed by atoms with Gasteiger partial charge in [-0.3, -0.25) is 5.41 Å². The van der Waals surface area contributed by atoms with E-state index in [1.807, 2.05) is 24.3 Å². The van der Waals surface area contributed by atoms with Crippen LogP contribution in [0.1, 0.15) is 5.56 Å². The summed E-state index contributed by atoms with van der Waals surface area (Å²) in [7, 11) is 0. The molecule has 0 aliphatic heterocycles. The van der Waals surface area contributed by atoms with Gasteiger partial charge in [-0.05, 0) is 34.6 Å². The number of thiocarbonyl (C=S) groups is 1. The average Bonchev–Trinajstić information content (AvgIpc) is 2.38. The number of hydrogen-bond acceptors (Lipinski definition) is 2. The zero-order valence-corrected chi connectivity index (χ0v) is 12.0. The van der Waals surface area contributed by atoms with Gasteiger partial charge in [0.05, 0.1) is 12.9 Å². The van der Waals surface area contributed by atoms with Crippen molar-refractivity contribution in [3.63, 3.8) is 0 Å². The number of rotatable bonds is 3. The van der Waals surface area contributed by atoms with Gasteiger partial charge < -0.3 is 10.6 Å². The highest BCUT2D eigenvalue weighted by atomic mass is 79.9. The molecular weight excluding hydrogens is 310 g/mol. The SMILES string of the molecule is N=CN(Cc1ccc(Br)c2ccccc12)C(N)=S. The van der Waals surface area contributed by atoms with Crippen molar-refractivity contribution >= 4 is 50.4 Å². The van der Waals surface area contributed by atoms with Gasteiger partial charge >= 0.3 is 0 Å². The fraction of sp³-hybridized carbons (Fsp3) is 0.0769. The van der Waals surface area contributed by atoms with Crippen molar-refractivity contribution in [2.45, 2.75) is 6.54 Å². The second kappa shape index (κ2) is 5.46. The van der Waals surface area contributed by atoms with E-state index < -0.39 is 0 Å². The van der Waals surface area contributed by atoms with Crippen LogP contribution in [-0.2, 0) is 6.54 Å². The maximum atomic E-state index is 7.31. The third kappa shape index (κ3) is 2.52. The Bertz CT molecular complexity index is 612. The molecule has 0 saturated carbocycles. The van der Waals surface area contributed by atoms with Crippen LogP contribution in [-0.4, -0.2) is 16.4 Å². The fourth-order valence-electron chi connectivity index (χ4n) is 1.83. The number of nitrogens with zero attached hydrogens (tertiary/aromatic N) is 1. The normalized spacial score (nSPS) is 10.3. The van der Waals surface area contributed by atoms with E-state index in [4.69, 9.17) is 23.4 Å². The van der Waals surface area contributed by atoms with Crippen LogP contribution in [0.15, 0.2) is 40.9 Å². The Morgan fingerprint density at radius 3 is 2.56 bits per heavy atom. The molecule has 0 amide bonds. The topological polar surface area (TPSA) is 53.1 Å². The molecule has 0 saturated heterocycles. The Morgan fingerprint density at radius 1 is 1.28 bits per heavy atom. The summed E-state index contributed by atoms with van der Waals surface area (Å²) in [5.74, 6) is 0. The van der Waals surface area contributed by atoms with E-state index in [0.717, 1.165) is 27.1 Å². The van der Waals surface area contributed by atoms with E-state index >= 15 is 0 Å². The molecule has 0 radical (unpaired) electrons. The summed E-state index contributed by atoms with van der Waals surface area (Å²) in [6, 6.07) is 12.1. The summed E-state index contributed by atoms with van der Waals surface area (Å²) in [5, 5.41) is 9.80. The predicted molar refractivity (Wildman–Crippen MR) is 82.8 cm³/mol. The van der Waals surface area contributed by atoms with Gasteiger partial charge in [-0.15, -0.1) is 0 Å². The molecule has 0 aliphatic rings. The molecule has 2 aromatic carbocycles. The predicted octanol–water partition coefficient (Wildman–Crippen LogP) is 3.25. The van der Waals surface area contributed by atoms with Crippen molar-refractivity contribution in [1.82, 2.24) is 4.90 Å². The number of nitrogens with one attached hydrogen (secondary N) is 1. The summed E-state index contributed by atoms with van der Waals surface area (Å²) >= 11 is 8.44. The largest absolute Gasteiger partial charge is 0.376 e. The van der Waals surface area contributed by atoms with Crippen LogP contribution < -0.4 is 5.73 Å². The van der Waals surface area contributed by atoms with Gasteiger partial charge in [-0.2, -0.15) is 0 Å². The van der Waals surface area contributed by atoms with Gasteiger partial charge in [0.2, 0.25) is 0 Å². The summed E-state index contributed by atoms with van der Waals surface area (Å²) < 4.78 is 1.05. The molecule has 92 valence electrons. The average molecular weight is 322 g/mol. The number of benzene rings is 2. The molecule has 0 aromatic heterocycles. The minimum absolute atomic E-state index is 0.206. The fourth-order valence-corrected chi connectivity index (χ4v) is 2.43. The quantitative estimate of drug-likeness (QED) is 0.518. The van der Waals surface area contributed by atoms with Crippen molar-refractivity contribution in [3.8, 4) is 0 Å². The van der Waals surface area contributed by atoms with Gasteiger partial charge in [0.1, 0.15) is 0 Å². The molecule has 3 nitrogen and oxygen atoms in total. The Kier molecular flexibility index (Phi) is 3.93. The highest BCUT2D eigenvalue weighted by Crippen LogP contribution is 2.27. The van der Waals surface area contributed by atoms with Gasteiger partial charge in [0.15, 0.2) is 5.11 Å². The van der Waals surface area contributed by atoms with Gasteiger partial charge in [-0.1, -0.05) is 46.3 Å². The zero-order chi connectivity index (χ0) is 13.1. The lowest BCUT2D eigenvalue weighted by atomic mass is 10.0. The zero-order valence-electron chi connectivity index (χ0n) is 9.56. The first-order chi connectivity index (χ1) is 8.63. The van der Waals surface area contributed by atoms with Crippen molar-refractivity contribution in [3.05, 3.63) is 46.4 Å². The highest BCUT2D eigenvalue weighted by molar-refractivity contribution is 9.10. The Hall–Kier alpha value is -1.46. The molecule has 5 heteroatoms. The molecular formula is C13H12BrN3S. The van der Waals surface area contributed by atoms with E-state index in [2.05, 4.69) is 28.1 Å². The molecule has 0 unspecified atom stereocenters. The van der Waals surface area contributed by atoms with Gasteiger partial charge in [0, 0.05) is 4.47 Å². The monoisotopic (exact) mass is 321 g/mol. The molecule has 0 aliphatic carbocycles. The third-order valence-corrected chi connectivity index (χ3v) is 3.67. The van der Waals surface area contributed by atoms with Gasteiger partial charge in [0.25, 0.3) is 0 Å². The van der Waals surface area contributed by atoms with Crippen LogP contribution in [0.3, 0.4) is 0 Å². The Labute approximate surface area is 119 Å². The van der Waals surface area contributed by atoms with E-state index in [-0.39, 0.29) is 5.11 Å². The second-order valence-corrected chi connectivity index (χ2v) is 5.12. The first-order valence-electron chi connectivity index (χ1n) is 5.36. The van der Waals surface area contributed by atoms with E-state index in [0.29, 0.717) is 6.54 Å². The first kappa shape index (κ1) is 13.0. The lowest BCUT2D eigenvalue weighted by molar-refractivity contribution is 0.625. The van der Waals surface area contributed by atoms with Crippen LogP contribution in [0.4, 0.5) is 0 Å². The van der Waals surface area contributed by atoms with Crippen molar-refractivity contribution in [2.75, 3.05) is 0 Å². The van der Waals surface area contributed by atoms with E-state index in [1.54, 1.807) is 0 Å². The molecule has 0 heterocycles. The maximum absolute atomic E-state index is 7.31. The summed E-state index contributed by atoms with van der Waals surface area (Å²) in [6.45, 7) is 0.507. The van der Waals surface area contributed by atoms with Crippen LogP contribution in [0.5, 0.6) is 0 Å². The van der Waals surface area contributed by atoms with E-state index in [1.165, 1.54) is 4.90 Å². The summed E-state index contributed by atoms with van der Waals surface area (Å²) in [6.07, 6.45) is 1.15. The van der Waals surface area contributed by atoms with Crippen molar-refractivity contribution in [2.24, 2.45) is 5.73 Å². The second-order valence-electron chi connectivity index (χ2n) is 3.85. The van der Waals surface area contributed by atoms with Crippen LogP contribution >= 0.6 is 28.1 Å². The summed E-state index contributed by atoms with van der Waals surface area (Å²) in [4.78, 5) is 1.53. The molecule has 2 rings (SSSR count). The van der Waals surface area contributed by atoms with Crippen molar-refractivity contribution in [1.29, 1.82) is 5.41 Å². The number of hydrogen-bond donors (Lipinski definition) is 2. The molecule has 0 bridgehead atoms. The molecule has 0 spiro atoms. The smallest absolute Gasteiger partial charge is 0.171 e. The van der Waals surface area contributed by atoms with Gasteiger partial charge in [-0.25, -0.2) is 0 Å². The number of fused-ring (bicyclic) bond motifs is 1. The highest BCUT2D eigenvalue weighted by Gasteiger charge is 2.08. The van der Waals surface area contributed by atoms with Crippen LogP contribution in [0.2, 0.25) is 0 Å². The summed E-state index contributed by atoms with van der Waals surface area (Å²) in [5.41, 5.74) is 6.65. The van der Waals surface area contributed by atoms with Crippen LogP contribution in [0, 0.1) is 5.41 Å². The lowest BCUT2D eigenvalue weighted by Gasteiger charge is -2.18. The molecule has 3 N–H and O–H groups in total.